The van der Waals surface area contributed by atoms with Crippen molar-refractivity contribution < 1.29 is 14.3 Å². The Bertz CT molecular complexity index is 1320. The molecule has 4 aromatic carbocycles. The molecule has 0 radical (unpaired) electrons. The van der Waals surface area contributed by atoms with Gasteiger partial charge >= 0.3 is 0 Å². The molecular weight excluding hydrogens is 504 g/mol. The molecule has 0 unspecified atom stereocenters. The lowest BCUT2D eigenvalue weighted by Crippen LogP contribution is -2.17. The minimum absolute atomic E-state index is 0.281. The van der Waals surface area contributed by atoms with Gasteiger partial charge in [-0.3, -0.25) is 4.79 Å². The number of carbonyl (C=O) groups is 1. The predicted molar refractivity (Wildman–Crippen MR) is 135 cm³/mol. The van der Waals surface area contributed by atoms with Crippen LogP contribution in [0.5, 0.6) is 11.5 Å². The van der Waals surface area contributed by atoms with Crippen LogP contribution >= 0.6 is 27.5 Å². The number of hydrogen-bond acceptors (Lipinski definition) is 4. The highest BCUT2D eigenvalue weighted by molar-refractivity contribution is 9.10. The van der Waals surface area contributed by atoms with Crippen LogP contribution in [0.15, 0.2) is 88.4 Å². The molecule has 0 heterocycles. The molecule has 0 saturated carbocycles. The van der Waals surface area contributed by atoms with Gasteiger partial charge in [-0.25, -0.2) is 5.43 Å². The molecule has 166 valence electrons. The second-order valence-corrected chi connectivity index (χ2v) is 8.47. The molecule has 0 aliphatic heterocycles. The number of amides is 1. The fourth-order valence-electron chi connectivity index (χ4n) is 3.34. The maximum atomic E-state index is 12.6. The molecule has 0 saturated heterocycles. The lowest BCUT2D eigenvalue weighted by molar-refractivity contribution is 0.0957. The number of rotatable bonds is 7. The van der Waals surface area contributed by atoms with Gasteiger partial charge in [0.05, 0.1) is 17.8 Å². The number of nitrogens with one attached hydrogen (secondary N) is 1. The predicted octanol–water partition coefficient (Wildman–Crippen LogP) is 6.61. The van der Waals surface area contributed by atoms with Crippen LogP contribution in [0.1, 0.15) is 21.5 Å². The van der Waals surface area contributed by atoms with Crippen molar-refractivity contribution in [3.63, 3.8) is 0 Å². The number of hydrogen-bond donors (Lipinski definition) is 1. The number of benzene rings is 4. The van der Waals surface area contributed by atoms with E-state index in [1.807, 2.05) is 66.7 Å². The van der Waals surface area contributed by atoms with Crippen molar-refractivity contribution in [3.8, 4) is 11.5 Å². The molecule has 1 N–H and O–H groups in total. The molecule has 4 rings (SSSR count). The van der Waals surface area contributed by atoms with Gasteiger partial charge in [0.2, 0.25) is 0 Å². The number of halogens is 2. The molecular formula is C26H20BrClN2O3. The summed E-state index contributed by atoms with van der Waals surface area (Å²) in [6, 6.07) is 24.4. The van der Waals surface area contributed by atoms with Gasteiger partial charge in [-0.05, 0) is 68.2 Å². The van der Waals surface area contributed by atoms with E-state index in [9.17, 15) is 4.79 Å². The third-order valence-electron chi connectivity index (χ3n) is 4.96. The van der Waals surface area contributed by atoms with E-state index in [-0.39, 0.29) is 5.91 Å². The van der Waals surface area contributed by atoms with Crippen LogP contribution < -0.4 is 14.9 Å². The molecule has 0 fully saturated rings. The molecule has 7 heteroatoms. The van der Waals surface area contributed by atoms with Crippen molar-refractivity contribution in [2.75, 3.05) is 7.11 Å². The summed E-state index contributed by atoms with van der Waals surface area (Å²) in [4.78, 5) is 12.6. The molecule has 5 nitrogen and oxygen atoms in total. The lowest BCUT2D eigenvalue weighted by atomic mass is 10.0. The highest BCUT2D eigenvalue weighted by Crippen LogP contribution is 2.37. The van der Waals surface area contributed by atoms with Gasteiger partial charge in [0.15, 0.2) is 11.5 Å². The Morgan fingerprint density at radius 3 is 2.61 bits per heavy atom. The van der Waals surface area contributed by atoms with Gasteiger partial charge in [-0.1, -0.05) is 60.1 Å². The topological polar surface area (TPSA) is 59.9 Å². The zero-order valence-electron chi connectivity index (χ0n) is 17.7. The average Bonchev–Trinajstić information content (AvgIpc) is 2.83. The zero-order chi connectivity index (χ0) is 23.2. The highest BCUT2D eigenvalue weighted by Gasteiger charge is 2.12. The number of methoxy groups -OCH3 is 1. The van der Waals surface area contributed by atoms with Gasteiger partial charge in [0, 0.05) is 10.6 Å². The Morgan fingerprint density at radius 2 is 1.82 bits per heavy atom. The fourth-order valence-corrected chi connectivity index (χ4v) is 4.04. The van der Waals surface area contributed by atoms with E-state index in [1.165, 1.54) is 0 Å². The first-order valence-corrected chi connectivity index (χ1v) is 11.3. The Balaban J connectivity index is 1.47. The summed E-state index contributed by atoms with van der Waals surface area (Å²) >= 11 is 9.47. The van der Waals surface area contributed by atoms with Gasteiger partial charge in [-0.15, -0.1) is 0 Å². The van der Waals surface area contributed by atoms with Crippen molar-refractivity contribution in [1.82, 2.24) is 5.43 Å². The number of ether oxygens (including phenoxy) is 2. The average molecular weight is 524 g/mol. The third-order valence-corrected chi connectivity index (χ3v) is 5.80. The quantitative estimate of drug-likeness (QED) is 0.219. The van der Waals surface area contributed by atoms with E-state index in [2.05, 4.69) is 26.5 Å². The molecule has 1 amide bonds. The van der Waals surface area contributed by atoms with Gasteiger partial charge in [-0.2, -0.15) is 5.10 Å². The Kier molecular flexibility index (Phi) is 7.27. The molecule has 33 heavy (non-hydrogen) atoms. The summed E-state index contributed by atoms with van der Waals surface area (Å²) < 4.78 is 12.2. The van der Waals surface area contributed by atoms with E-state index in [4.69, 9.17) is 21.1 Å². The van der Waals surface area contributed by atoms with Crippen LogP contribution in [0, 0.1) is 0 Å². The Hall–Kier alpha value is -3.35. The van der Waals surface area contributed by atoms with Gasteiger partial charge in [0.1, 0.15) is 6.61 Å². The van der Waals surface area contributed by atoms with E-state index in [0.29, 0.717) is 33.2 Å². The van der Waals surface area contributed by atoms with Crippen molar-refractivity contribution in [1.29, 1.82) is 0 Å². The zero-order valence-corrected chi connectivity index (χ0v) is 20.1. The summed E-state index contributed by atoms with van der Waals surface area (Å²) in [5, 5.41) is 6.66. The van der Waals surface area contributed by atoms with Crippen LogP contribution in [0.25, 0.3) is 10.8 Å². The Labute approximate surface area is 205 Å². The first-order valence-electron chi connectivity index (χ1n) is 10.1. The molecule has 0 aromatic heterocycles. The number of carbonyl (C=O) groups excluding carboxylic acids is 1. The first kappa shape index (κ1) is 22.8. The summed E-state index contributed by atoms with van der Waals surface area (Å²) in [6.45, 7) is 0.362. The van der Waals surface area contributed by atoms with Crippen LogP contribution in [0.3, 0.4) is 0 Å². The molecule has 0 aliphatic rings. The number of hydrazone groups is 1. The molecule has 4 aromatic rings. The molecule has 0 atom stereocenters. The van der Waals surface area contributed by atoms with Gasteiger partial charge < -0.3 is 9.47 Å². The lowest BCUT2D eigenvalue weighted by Gasteiger charge is -2.13. The standard InChI is InChI=1S/C26H20BrClN2O3/c1-32-24-14-18(13-23(27)25(24)33-16-17-9-11-20(28)12-10-17)15-29-30-26(31)22-8-4-6-19-5-2-3-7-21(19)22/h2-15H,16H2,1H3,(H,30,31). The van der Waals surface area contributed by atoms with E-state index >= 15 is 0 Å². The highest BCUT2D eigenvalue weighted by atomic mass is 79.9. The summed E-state index contributed by atoms with van der Waals surface area (Å²) in [7, 11) is 1.57. The SMILES string of the molecule is COc1cc(C=NNC(=O)c2cccc3ccccc23)cc(Br)c1OCc1ccc(Cl)cc1. The van der Waals surface area contributed by atoms with E-state index in [0.717, 1.165) is 21.9 Å². The van der Waals surface area contributed by atoms with Crippen molar-refractivity contribution in [2.45, 2.75) is 6.61 Å². The van der Waals surface area contributed by atoms with E-state index < -0.39 is 0 Å². The molecule has 0 spiro atoms. The number of fused-ring (bicyclic) bond motifs is 1. The molecule has 0 aliphatic carbocycles. The van der Waals surface area contributed by atoms with E-state index in [1.54, 1.807) is 25.5 Å². The van der Waals surface area contributed by atoms with Crippen molar-refractivity contribution in [3.05, 3.63) is 105 Å². The van der Waals surface area contributed by atoms with Gasteiger partial charge in [0.25, 0.3) is 5.91 Å². The van der Waals surface area contributed by atoms with Crippen molar-refractivity contribution >= 4 is 50.4 Å². The first-order chi connectivity index (χ1) is 16.0. The fraction of sp³-hybridized carbons (Fsp3) is 0.0769. The monoisotopic (exact) mass is 522 g/mol. The van der Waals surface area contributed by atoms with Crippen molar-refractivity contribution in [2.24, 2.45) is 5.10 Å². The number of nitrogens with zero attached hydrogens (tertiary/aromatic N) is 1. The largest absolute Gasteiger partial charge is 0.493 e. The normalized spacial score (nSPS) is 11.0. The molecule has 0 bridgehead atoms. The van der Waals surface area contributed by atoms with Crippen LogP contribution in [-0.2, 0) is 6.61 Å². The maximum Gasteiger partial charge on any atom is 0.271 e. The smallest absolute Gasteiger partial charge is 0.271 e. The summed E-state index contributed by atoms with van der Waals surface area (Å²) in [5.41, 5.74) is 4.87. The second-order valence-electron chi connectivity index (χ2n) is 7.18. The second kappa shape index (κ2) is 10.5. The summed E-state index contributed by atoms with van der Waals surface area (Å²) in [5.74, 6) is 0.835. The minimum Gasteiger partial charge on any atom is -0.493 e. The summed E-state index contributed by atoms with van der Waals surface area (Å²) in [6.07, 6.45) is 1.55. The minimum atomic E-state index is -0.281. The maximum absolute atomic E-state index is 12.6. The van der Waals surface area contributed by atoms with Crippen LogP contribution in [0.2, 0.25) is 5.02 Å². The van der Waals surface area contributed by atoms with Crippen LogP contribution in [-0.4, -0.2) is 19.2 Å². The third kappa shape index (κ3) is 5.53. The van der Waals surface area contributed by atoms with Crippen LogP contribution in [0.4, 0.5) is 0 Å². The Morgan fingerprint density at radius 1 is 1.06 bits per heavy atom.